The molecule has 0 saturated carbocycles. The first-order chi connectivity index (χ1) is 61.2. The van der Waals surface area contributed by atoms with Gasteiger partial charge in [-0.25, -0.2) is 9.97 Å². The van der Waals surface area contributed by atoms with Crippen LogP contribution in [-0.2, 0) is 121 Å². The van der Waals surface area contributed by atoms with Crippen molar-refractivity contribution in [3.05, 3.63) is 276 Å². The van der Waals surface area contributed by atoms with Gasteiger partial charge in [0.15, 0.2) is 12.6 Å². The third-order valence-corrected chi connectivity index (χ3v) is 24.4. The van der Waals surface area contributed by atoms with Crippen molar-refractivity contribution in [2.45, 2.75) is 143 Å². The van der Waals surface area contributed by atoms with E-state index in [1.807, 2.05) is 68.0 Å². The molecule has 0 fully saturated rings. The summed E-state index contributed by atoms with van der Waals surface area (Å²) < 4.78 is 62.4. The number of rotatable bonds is 14. The number of ether oxygens (including phenoxy) is 4. The molecule has 0 spiro atoms. The molecule has 41 nitrogen and oxygen atoms in total. The summed E-state index contributed by atoms with van der Waals surface area (Å²) in [6.07, 6.45) is 18.6. The molecular weight excluding hydrogens is 1960 g/mol. The van der Waals surface area contributed by atoms with Gasteiger partial charge in [-0.05, 0) is 148 Å². The Morgan fingerprint density at radius 1 is 0.542 bits per heavy atom. The SMILES string of the molecule is C.C.CC(=O)[O][Hg][O]C(C)=O.CO.COC(CN)OC.COC(CNC1=NCCCc2ccc([N+](=O)[O-])cc21)OC.Cc1ccc(S(=O)(=O)O)cc1.Cl.Nc1ccc2c(c1)-c1nccn1CCC2.O=C1NCCCc2ccc([N+](=O)[O-])cc21.O=C1NCCCc2ccccc21.O=[N+]([O-])O.O=[N+]([O-])c1ccc2c(c1)-c1nccn1CCC2.O=[N+]([O-])c1ccc2c(c1)C(=S)NCCC2. The third-order valence-electron chi connectivity index (χ3n) is 19.1. The van der Waals surface area contributed by atoms with Gasteiger partial charge in [0.2, 0.25) is 0 Å². The Hall–Kier alpha value is -12.3. The monoisotopic (exact) mass is 2070 g/mol. The van der Waals surface area contributed by atoms with Crippen LogP contribution in [0, 0.1) is 57.5 Å². The number of thiocarbonyl (C=S) groups is 1. The van der Waals surface area contributed by atoms with Gasteiger partial charge in [0.25, 0.3) is 49.8 Å². The number of non-ortho nitro benzene ring substituents is 4. The molecule has 2 amide bonds. The molecule has 0 saturated heterocycles. The zero-order valence-corrected chi connectivity index (χ0v) is 80.2. The minimum atomic E-state index is -4.02. The van der Waals surface area contributed by atoms with E-state index >= 15 is 0 Å². The number of amides is 2. The molecule has 0 radical (unpaired) electrons. The Balaban J connectivity index is 0.000000500. The molecule has 0 unspecified atom stereocenters. The number of nitro groups is 4. The fourth-order valence-electron chi connectivity index (χ4n) is 12.8. The predicted octanol–water partition coefficient (Wildman–Crippen LogP) is 12.2. The number of aliphatic hydroxyl groups is 1. The van der Waals surface area contributed by atoms with E-state index in [1.165, 1.54) is 73.4 Å². The van der Waals surface area contributed by atoms with Crippen molar-refractivity contribution >= 4 is 97.8 Å². The quantitative estimate of drug-likeness (QED) is 0.00928. The molecule has 0 bridgehead atoms. The zero-order chi connectivity index (χ0) is 94.4. The molecular formula is C86H113ClHgN16O25S2. The van der Waals surface area contributed by atoms with Crippen molar-refractivity contribution in [3.8, 4) is 22.8 Å². The maximum Gasteiger partial charge on any atom is 0.294 e. The molecule has 15 rings (SSSR count). The van der Waals surface area contributed by atoms with Crippen LogP contribution in [0.2, 0.25) is 0 Å². The fourth-order valence-corrected chi connectivity index (χ4v) is 15.1. The number of aryl methyl sites for hydroxylation is 9. The molecule has 7 aromatic carbocycles. The van der Waals surface area contributed by atoms with E-state index < -0.39 is 61.8 Å². The first-order valence-corrected chi connectivity index (χ1v) is 46.2. The van der Waals surface area contributed by atoms with E-state index in [4.69, 9.17) is 67.6 Å². The number of benzene rings is 7. The third kappa shape index (κ3) is 39.1. The van der Waals surface area contributed by atoms with Gasteiger partial charge >= 0.3 is 66.2 Å². The summed E-state index contributed by atoms with van der Waals surface area (Å²) in [5, 5.41) is 75.4. The Bertz CT molecular complexity index is 5270. The average Bonchev–Trinajstić information content (AvgIpc) is 1.70. The van der Waals surface area contributed by atoms with Gasteiger partial charge < -0.3 is 71.1 Å². The molecule has 45 heteroatoms. The van der Waals surface area contributed by atoms with Crippen LogP contribution in [0.25, 0.3) is 22.8 Å². The summed E-state index contributed by atoms with van der Waals surface area (Å²) in [5.74, 6) is 1.67. The summed E-state index contributed by atoms with van der Waals surface area (Å²) in [6, 6.07) is 39.2. The summed E-state index contributed by atoms with van der Waals surface area (Å²) >= 11 is 3.12. The molecule has 9 aromatic rings. The van der Waals surface area contributed by atoms with Crippen molar-refractivity contribution in [1.82, 2.24) is 40.4 Å². The molecule has 131 heavy (non-hydrogen) atoms. The number of hydrogen-bond donors (Lipinski definition) is 9. The number of nitro benzene ring substituents is 4. The summed E-state index contributed by atoms with van der Waals surface area (Å²) in [7, 11) is 3.21. The van der Waals surface area contributed by atoms with Crippen LogP contribution in [0.4, 0.5) is 28.4 Å². The predicted molar refractivity (Wildman–Crippen MR) is 493 cm³/mol. The minimum Gasteiger partial charge on any atom is -0.400 e. The van der Waals surface area contributed by atoms with E-state index in [0.717, 1.165) is 171 Å². The van der Waals surface area contributed by atoms with E-state index in [0.29, 0.717) is 42.6 Å². The number of aromatic nitrogens is 4. The second-order valence-corrected chi connectivity index (χ2v) is 32.8. The van der Waals surface area contributed by atoms with Crippen molar-refractivity contribution in [2.75, 3.05) is 80.6 Å². The number of imidazole rings is 2. The van der Waals surface area contributed by atoms with Crippen LogP contribution < -0.4 is 32.7 Å². The van der Waals surface area contributed by atoms with Gasteiger partial charge in [0, 0.05) is 194 Å². The molecule has 2 aromatic heterocycles. The number of anilines is 1. The van der Waals surface area contributed by atoms with E-state index in [9.17, 15) is 68.1 Å². The number of nitrogens with two attached hydrogens (primary N) is 2. The van der Waals surface area contributed by atoms with Crippen LogP contribution in [0.3, 0.4) is 0 Å². The van der Waals surface area contributed by atoms with Crippen molar-refractivity contribution < 1.29 is 117 Å². The van der Waals surface area contributed by atoms with Crippen molar-refractivity contribution in [2.24, 2.45) is 10.7 Å². The van der Waals surface area contributed by atoms with Crippen LogP contribution in [0.15, 0.2) is 174 Å². The number of nitrogens with one attached hydrogen (secondary N) is 4. The standard InChI is InChI=1S/C14H19N3O4.C12H11N3O2.C12H13N3.C10H10N2O3.C10H10N2O2S.C10H11NO.C7H8O3S.C4H11NO2.2C2H4O2.CH4O.2CH4.ClH.Hg.HNO3/c1-20-13(21-2)9-16-14-12-8-11(17(18)19)6-5-10(12)4-3-7-15-14;16-15(17)10-4-3-9-2-1-6-14-7-5-13-12(14)11(9)8-10;13-10-4-3-9-2-1-6-15-7-5-14-12(15)11(9)8-10;13-10-9-6-8(12(14)15)4-3-7(9)2-1-5-11-10;13-12(14)8-4-3-7-2-1-5-11-10(15)9(7)6-8;12-10-9-6-2-1-4-8(9)5-3-7-11-10;1-6-2-4-7(5-3-6)11(8,9)10;1-6-4(3-5)7-2;2*1-2(3)4;1-2;;;;;2-1(3)4/h5-6,8,13H,3-4,7,9H2,1-2H3,(H,15,16);3-5,7-8H,1-2,6H2;3-5,7-8H,1-2,6,13H2;3-4,6H,1-2,5H2,(H,11,13);3-4,6H,1-2,5H2,(H,11,15);1-2,4,6H,3,5,7H2,(H,11,12);2-5H,1H3,(H,8,9,10);4H,3,5H2,1-2H3;2*1H3,(H,3,4);2H,1H3;2*1H4;1H;;(H,2,3,4)/q;;;;;;;;;;;;;;+2;/p-2. The number of nitrogens with zero attached hydrogens (tertiary/aromatic N) is 10. The maximum absolute atomic E-state index is 11.5. The van der Waals surface area contributed by atoms with Crippen LogP contribution in [-0.4, -0.2) is 189 Å². The number of aliphatic imine (C=N–C) groups is 1. The van der Waals surface area contributed by atoms with E-state index in [-0.39, 0.29) is 89.9 Å². The van der Waals surface area contributed by atoms with Crippen LogP contribution in [0.5, 0.6) is 0 Å². The van der Waals surface area contributed by atoms with Crippen molar-refractivity contribution in [1.29, 1.82) is 0 Å². The number of halogens is 1. The number of amidine groups is 1. The number of carbonyl (C=O) groups is 4. The normalized spacial score (nSPS) is 12.9. The largest absolute Gasteiger partial charge is 0.400 e. The smallest absolute Gasteiger partial charge is 0.294 e. The Morgan fingerprint density at radius 2 is 0.916 bits per heavy atom. The topological polar surface area (TPSA) is 582 Å². The number of nitrogen functional groups attached to an aromatic ring is 1. The zero-order valence-electron chi connectivity index (χ0n) is 72.3. The minimum absolute atomic E-state index is 0. The summed E-state index contributed by atoms with van der Waals surface area (Å²) in [5.41, 5.74) is 24.6. The van der Waals surface area contributed by atoms with Gasteiger partial charge in [-0.1, -0.05) is 93.3 Å². The van der Waals surface area contributed by atoms with Gasteiger partial charge in [0.1, 0.15) is 22.5 Å². The van der Waals surface area contributed by atoms with Gasteiger partial charge in [-0.3, -0.25) is 59.6 Å². The number of aliphatic hydroxyl groups excluding tert-OH is 1. The van der Waals surface area contributed by atoms with Crippen LogP contribution >= 0.6 is 24.6 Å². The Labute approximate surface area is 783 Å². The van der Waals surface area contributed by atoms with Crippen LogP contribution in [0.1, 0.15) is 138 Å². The first kappa shape index (κ1) is 115. The second kappa shape index (κ2) is 60.6. The van der Waals surface area contributed by atoms with E-state index in [1.54, 1.807) is 89.2 Å². The number of hydrogen-bond acceptors (Lipinski definition) is 30. The molecule has 6 aliphatic heterocycles. The number of methoxy groups -OCH3 is 4. The maximum atomic E-state index is 11.5. The molecule has 8 heterocycles. The van der Waals surface area contributed by atoms with Crippen molar-refractivity contribution in [3.63, 3.8) is 0 Å². The van der Waals surface area contributed by atoms with Gasteiger partial charge in [0.05, 0.1) is 31.1 Å². The molecule has 0 atom stereocenters. The first-order valence-electron chi connectivity index (χ1n) is 39.8. The number of fused-ring (bicyclic) bond motifs is 10. The molecule has 11 N–H and O–H groups in total. The fraction of sp³-hybridized carbons (Fsp3) is 0.372. The van der Waals surface area contributed by atoms with Gasteiger partial charge in [-0.15, -0.1) is 22.5 Å². The van der Waals surface area contributed by atoms with Gasteiger partial charge in [-0.2, -0.15) is 8.42 Å². The number of carbonyl (C=O) groups excluding carboxylic acids is 4. The molecule has 0 aliphatic carbocycles. The average molecular weight is 2070 g/mol. The molecule has 708 valence electrons. The summed E-state index contributed by atoms with van der Waals surface area (Å²) in [6.45, 7) is 10.2. The summed E-state index contributed by atoms with van der Waals surface area (Å²) in [4.78, 5) is 106. The molecule has 6 aliphatic rings. The Kier molecular flexibility index (Phi) is 53.0. The second-order valence-electron chi connectivity index (χ2n) is 27.8. The van der Waals surface area contributed by atoms with E-state index in [2.05, 4.69) is 56.7 Å². The Morgan fingerprint density at radius 3 is 1.35 bits per heavy atom.